The standard InChI is InChI=1S/C19H18ClN5O/c1-10(2)16-8-14(17-11(3)24-25(4)18(17)23-16)19(26)22-13-6-5-12(9-21)15(20)7-13/h5-8,10H,1-4H3,(H,22,26). The lowest BCUT2D eigenvalue weighted by Crippen LogP contribution is -2.14. The Labute approximate surface area is 156 Å². The van der Waals surface area contributed by atoms with Gasteiger partial charge < -0.3 is 5.32 Å². The highest BCUT2D eigenvalue weighted by Gasteiger charge is 2.20. The molecule has 0 bridgehead atoms. The van der Waals surface area contributed by atoms with Crippen molar-refractivity contribution in [2.75, 3.05) is 5.32 Å². The van der Waals surface area contributed by atoms with E-state index < -0.39 is 0 Å². The van der Waals surface area contributed by atoms with Gasteiger partial charge in [-0.15, -0.1) is 0 Å². The van der Waals surface area contributed by atoms with E-state index in [9.17, 15) is 4.79 Å². The molecule has 1 aromatic carbocycles. The van der Waals surface area contributed by atoms with Gasteiger partial charge in [0.2, 0.25) is 0 Å². The van der Waals surface area contributed by atoms with Crippen molar-refractivity contribution in [2.24, 2.45) is 7.05 Å². The van der Waals surface area contributed by atoms with Crippen molar-refractivity contribution < 1.29 is 4.79 Å². The van der Waals surface area contributed by atoms with Gasteiger partial charge in [0.05, 0.1) is 27.2 Å². The lowest BCUT2D eigenvalue weighted by molar-refractivity contribution is 0.102. The number of aromatic nitrogens is 3. The van der Waals surface area contributed by atoms with Gasteiger partial charge in [0.1, 0.15) is 6.07 Å². The Morgan fingerprint density at radius 2 is 2.08 bits per heavy atom. The number of nitrogens with one attached hydrogen (secondary N) is 1. The second-order valence-electron chi connectivity index (χ2n) is 6.42. The number of nitrogens with zero attached hydrogens (tertiary/aromatic N) is 4. The Morgan fingerprint density at radius 3 is 2.69 bits per heavy atom. The number of aryl methyl sites for hydroxylation is 2. The number of anilines is 1. The molecule has 0 unspecified atom stereocenters. The van der Waals surface area contributed by atoms with Crippen molar-refractivity contribution in [3.8, 4) is 6.07 Å². The maximum absolute atomic E-state index is 12.9. The Hall–Kier alpha value is -2.91. The van der Waals surface area contributed by atoms with E-state index in [4.69, 9.17) is 16.9 Å². The van der Waals surface area contributed by atoms with Crippen LogP contribution in [0, 0.1) is 18.3 Å². The quantitative estimate of drug-likeness (QED) is 0.752. The van der Waals surface area contributed by atoms with E-state index in [0.717, 1.165) is 16.8 Å². The largest absolute Gasteiger partial charge is 0.322 e. The Kier molecular flexibility index (Phi) is 4.66. The second-order valence-corrected chi connectivity index (χ2v) is 6.82. The van der Waals surface area contributed by atoms with Crippen LogP contribution in [0.3, 0.4) is 0 Å². The third-order valence-electron chi connectivity index (χ3n) is 4.17. The molecule has 0 aliphatic heterocycles. The minimum Gasteiger partial charge on any atom is -0.322 e. The minimum absolute atomic E-state index is 0.172. The van der Waals surface area contributed by atoms with Crippen molar-refractivity contribution in [3.63, 3.8) is 0 Å². The molecule has 2 aromatic heterocycles. The molecular weight excluding hydrogens is 350 g/mol. The van der Waals surface area contributed by atoms with Crippen molar-refractivity contribution in [1.82, 2.24) is 14.8 Å². The van der Waals surface area contributed by atoms with E-state index in [1.807, 2.05) is 40.0 Å². The van der Waals surface area contributed by atoms with E-state index in [0.29, 0.717) is 27.5 Å². The fraction of sp³-hybridized carbons (Fsp3) is 0.263. The predicted octanol–water partition coefficient (Wildman–Crippen LogP) is 4.18. The van der Waals surface area contributed by atoms with Gasteiger partial charge >= 0.3 is 0 Å². The average Bonchev–Trinajstić information content (AvgIpc) is 2.88. The number of rotatable bonds is 3. The van der Waals surface area contributed by atoms with Crippen LogP contribution in [0.4, 0.5) is 5.69 Å². The van der Waals surface area contributed by atoms with Gasteiger partial charge in [0.15, 0.2) is 5.65 Å². The Balaban J connectivity index is 2.07. The number of halogens is 1. The van der Waals surface area contributed by atoms with Crippen LogP contribution in [0.15, 0.2) is 24.3 Å². The van der Waals surface area contributed by atoms with Gasteiger partial charge in [-0.3, -0.25) is 9.48 Å². The maximum atomic E-state index is 12.9. The topological polar surface area (TPSA) is 83.6 Å². The highest BCUT2D eigenvalue weighted by molar-refractivity contribution is 6.32. The monoisotopic (exact) mass is 367 g/mol. The molecule has 1 amide bonds. The molecule has 3 aromatic rings. The number of hydrogen-bond acceptors (Lipinski definition) is 4. The van der Waals surface area contributed by atoms with Crippen molar-refractivity contribution >= 4 is 34.2 Å². The van der Waals surface area contributed by atoms with Gasteiger partial charge in [-0.05, 0) is 37.1 Å². The SMILES string of the molecule is Cc1nn(C)c2nc(C(C)C)cc(C(=O)Nc3ccc(C#N)c(Cl)c3)c12. The summed E-state index contributed by atoms with van der Waals surface area (Å²) < 4.78 is 1.69. The summed E-state index contributed by atoms with van der Waals surface area (Å²) in [7, 11) is 1.81. The zero-order chi connectivity index (χ0) is 19.0. The molecule has 26 heavy (non-hydrogen) atoms. The maximum Gasteiger partial charge on any atom is 0.256 e. The molecule has 7 heteroatoms. The van der Waals surface area contributed by atoms with Crippen molar-refractivity contribution in [2.45, 2.75) is 26.7 Å². The molecule has 0 aliphatic carbocycles. The molecule has 0 saturated carbocycles. The number of fused-ring (bicyclic) bond motifs is 1. The van der Waals surface area contributed by atoms with E-state index in [1.54, 1.807) is 22.9 Å². The van der Waals surface area contributed by atoms with Crippen LogP contribution in [0.1, 0.15) is 47.1 Å². The molecule has 1 N–H and O–H groups in total. The summed E-state index contributed by atoms with van der Waals surface area (Å²) in [5.74, 6) is -0.0957. The number of carbonyl (C=O) groups excluding carboxylic acids is 1. The van der Waals surface area contributed by atoms with Gasteiger partial charge in [-0.2, -0.15) is 10.4 Å². The zero-order valence-corrected chi connectivity index (χ0v) is 15.7. The summed E-state index contributed by atoms with van der Waals surface area (Å²) in [4.78, 5) is 17.6. The fourth-order valence-electron chi connectivity index (χ4n) is 2.82. The Morgan fingerprint density at radius 1 is 1.35 bits per heavy atom. The molecule has 132 valence electrons. The minimum atomic E-state index is -0.267. The van der Waals surface area contributed by atoms with Gasteiger partial charge in [0, 0.05) is 18.4 Å². The third kappa shape index (κ3) is 3.14. The van der Waals surface area contributed by atoms with Crippen LogP contribution < -0.4 is 5.32 Å². The first kappa shape index (κ1) is 17.9. The highest BCUT2D eigenvalue weighted by Crippen LogP contribution is 2.26. The third-order valence-corrected chi connectivity index (χ3v) is 4.48. The summed E-state index contributed by atoms with van der Waals surface area (Å²) in [5, 5.41) is 17.2. The molecule has 0 fully saturated rings. The first-order chi connectivity index (χ1) is 12.3. The van der Waals surface area contributed by atoms with E-state index in [-0.39, 0.29) is 11.8 Å². The van der Waals surface area contributed by atoms with Crippen LogP contribution in [0.25, 0.3) is 11.0 Å². The van der Waals surface area contributed by atoms with Crippen molar-refractivity contribution in [1.29, 1.82) is 5.26 Å². The lowest BCUT2D eigenvalue weighted by Gasteiger charge is -2.11. The summed E-state index contributed by atoms with van der Waals surface area (Å²) in [6.07, 6.45) is 0. The summed E-state index contributed by atoms with van der Waals surface area (Å²) in [6, 6.07) is 8.60. The number of hydrogen-bond donors (Lipinski definition) is 1. The van der Waals surface area contributed by atoms with Gasteiger partial charge in [0.25, 0.3) is 5.91 Å². The van der Waals surface area contributed by atoms with Gasteiger partial charge in [-0.1, -0.05) is 25.4 Å². The number of benzene rings is 1. The van der Waals surface area contributed by atoms with Crippen LogP contribution >= 0.6 is 11.6 Å². The van der Waals surface area contributed by atoms with Crippen molar-refractivity contribution in [3.05, 3.63) is 51.8 Å². The summed E-state index contributed by atoms with van der Waals surface area (Å²) in [5.41, 5.74) is 3.65. The number of pyridine rings is 1. The summed E-state index contributed by atoms with van der Waals surface area (Å²) in [6.45, 7) is 5.91. The number of carbonyl (C=O) groups is 1. The van der Waals surface area contributed by atoms with Crippen LogP contribution in [-0.4, -0.2) is 20.7 Å². The molecule has 0 spiro atoms. The average molecular weight is 368 g/mol. The molecular formula is C19H18ClN5O. The zero-order valence-electron chi connectivity index (χ0n) is 15.0. The van der Waals surface area contributed by atoms with E-state index in [2.05, 4.69) is 15.4 Å². The Bertz CT molecular complexity index is 1060. The molecule has 0 radical (unpaired) electrons. The highest BCUT2D eigenvalue weighted by atomic mass is 35.5. The first-order valence-electron chi connectivity index (χ1n) is 8.17. The second kappa shape index (κ2) is 6.77. The van der Waals surface area contributed by atoms with E-state index >= 15 is 0 Å². The normalized spacial score (nSPS) is 11.0. The lowest BCUT2D eigenvalue weighted by atomic mass is 10.0. The van der Waals surface area contributed by atoms with Gasteiger partial charge in [-0.25, -0.2) is 4.98 Å². The molecule has 0 atom stereocenters. The molecule has 6 nitrogen and oxygen atoms in total. The fourth-order valence-corrected chi connectivity index (χ4v) is 3.04. The predicted molar refractivity (Wildman–Crippen MR) is 101 cm³/mol. The van der Waals surface area contributed by atoms with Crippen LogP contribution in [-0.2, 0) is 7.05 Å². The summed E-state index contributed by atoms with van der Waals surface area (Å²) >= 11 is 6.05. The number of nitriles is 1. The molecule has 0 saturated heterocycles. The van der Waals surface area contributed by atoms with Crippen LogP contribution in [0.5, 0.6) is 0 Å². The van der Waals surface area contributed by atoms with E-state index in [1.165, 1.54) is 0 Å². The molecule has 0 aliphatic rings. The number of amides is 1. The van der Waals surface area contributed by atoms with Crippen LogP contribution in [0.2, 0.25) is 5.02 Å². The smallest absolute Gasteiger partial charge is 0.256 e. The molecule has 3 rings (SSSR count). The molecule has 2 heterocycles. The first-order valence-corrected chi connectivity index (χ1v) is 8.55.